The van der Waals surface area contributed by atoms with E-state index in [1.54, 1.807) is 0 Å². The van der Waals surface area contributed by atoms with E-state index in [0.29, 0.717) is 16.8 Å². The zero-order valence-corrected chi connectivity index (χ0v) is 14.3. The predicted molar refractivity (Wildman–Crippen MR) is 91.0 cm³/mol. The first-order chi connectivity index (χ1) is 9.97. The van der Waals surface area contributed by atoms with E-state index in [0.717, 1.165) is 32.1 Å². The van der Waals surface area contributed by atoms with E-state index >= 15 is 0 Å². The van der Waals surface area contributed by atoms with Crippen LogP contribution in [0, 0.1) is 17.3 Å². The molecule has 0 heterocycles. The number of hydrogen-bond donors (Lipinski definition) is 2. The van der Waals surface area contributed by atoms with E-state index in [1.165, 1.54) is 25.7 Å². The molecule has 0 aromatic rings. The summed E-state index contributed by atoms with van der Waals surface area (Å²) in [5.41, 5.74) is 5.42. The summed E-state index contributed by atoms with van der Waals surface area (Å²) in [6.07, 6.45) is 9.70. The Bertz CT molecular complexity index is 388. The fourth-order valence-electron chi connectivity index (χ4n) is 4.01. The van der Waals surface area contributed by atoms with E-state index in [-0.39, 0.29) is 11.9 Å². The van der Waals surface area contributed by atoms with Gasteiger partial charge in [0, 0.05) is 6.04 Å². The van der Waals surface area contributed by atoms with Gasteiger partial charge >= 0.3 is 0 Å². The third-order valence-corrected chi connectivity index (χ3v) is 6.28. The van der Waals surface area contributed by atoms with Crippen molar-refractivity contribution in [2.45, 2.75) is 77.7 Å². The summed E-state index contributed by atoms with van der Waals surface area (Å²) in [5.74, 6) is 1.32. The molecule has 0 aromatic heterocycles. The van der Waals surface area contributed by atoms with Gasteiger partial charge in [0.25, 0.3) is 0 Å². The van der Waals surface area contributed by atoms with Gasteiger partial charge in [-0.3, -0.25) is 4.79 Å². The lowest BCUT2D eigenvalue weighted by Gasteiger charge is -2.38. The van der Waals surface area contributed by atoms with Gasteiger partial charge in [-0.2, -0.15) is 0 Å². The Morgan fingerprint density at radius 1 is 1.10 bits per heavy atom. The molecule has 2 saturated carbocycles. The third kappa shape index (κ3) is 3.58. The Kier molecular flexibility index (Phi) is 5.64. The van der Waals surface area contributed by atoms with Crippen molar-refractivity contribution in [3.63, 3.8) is 0 Å². The second kappa shape index (κ2) is 7.08. The molecule has 0 radical (unpaired) electrons. The van der Waals surface area contributed by atoms with Gasteiger partial charge in [0.15, 0.2) is 0 Å². The molecule has 3 unspecified atom stereocenters. The first kappa shape index (κ1) is 16.7. The highest BCUT2D eigenvalue weighted by Crippen LogP contribution is 2.37. The quantitative estimate of drug-likeness (QED) is 0.619. The molecule has 3 nitrogen and oxygen atoms in total. The summed E-state index contributed by atoms with van der Waals surface area (Å²) >= 11 is 5.30. The van der Waals surface area contributed by atoms with Crippen molar-refractivity contribution >= 4 is 23.1 Å². The molecule has 0 saturated heterocycles. The highest BCUT2D eigenvalue weighted by Gasteiger charge is 2.43. The summed E-state index contributed by atoms with van der Waals surface area (Å²) in [7, 11) is 0. The summed E-state index contributed by atoms with van der Waals surface area (Å²) in [5, 5.41) is 3.31. The minimum absolute atomic E-state index is 0.0999. The molecule has 1 amide bonds. The largest absolute Gasteiger partial charge is 0.392 e. The Morgan fingerprint density at radius 3 is 2.29 bits per heavy atom. The van der Waals surface area contributed by atoms with Crippen molar-refractivity contribution in [2.75, 3.05) is 0 Å². The summed E-state index contributed by atoms with van der Waals surface area (Å²) in [6.45, 7) is 4.55. The maximum absolute atomic E-state index is 13.0. The summed E-state index contributed by atoms with van der Waals surface area (Å²) < 4.78 is 0. The first-order valence-electron chi connectivity index (χ1n) is 8.58. The maximum atomic E-state index is 13.0. The Morgan fingerprint density at radius 2 is 1.71 bits per heavy atom. The molecule has 2 rings (SSSR count). The lowest BCUT2D eigenvalue weighted by atomic mass is 9.75. The fourth-order valence-corrected chi connectivity index (χ4v) is 4.31. The normalized spacial score (nSPS) is 33.0. The molecule has 0 aliphatic heterocycles. The Hall–Kier alpha value is -0.640. The smallest absolute Gasteiger partial charge is 0.233 e. The van der Waals surface area contributed by atoms with Crippen LogP contribution in [-0.2, 0) is 4.79 Å². The highest BCUT2D eigenvalue weighted by molar-refractivity contribution is 7.80. The van der Waals surface area contributed by atoms with Crippen molar-refractivity contribution in [3.8, 4) is 0 Å². The van der Waals surface area contributed by atoms with Crippen LogP contribution in [0.5, 0.6) is 0 Å². The van der Waals surface area contributed by atoms with Gasteiger partial charge in [0.2, 0.25) is 5.91 Å². The van der Waals surface area contributed by atoms with Gasteiger partial charge in [-0.1, -0.05) is 64.6 Å². The third-order valence-electron chi connectivity index (χ3n) is 5.89. The van der Waals surface area contributed by atoms with Crippen LogP contribution in [0.25, 0.3) is 0 Å². The number of nitrogens with one attached hydrogen (secondary N) is 1. The van der Waals surface area contributed by atoms with Crippen molar-refractivity contribution in [2.24, 2.45) is 23.0 Å². The van der Waals surface area contributed by atoms with E-state index < -0.39 is 5.41 Å². The van der Waals surface area contributed by atoms with Crippen LogP contribution in [0.2, 0.25) is 0 Å². The van der Waals surface area contributed by atoms with Gasteiger partial charge in [-0.15, -0.1) is 0 Å². The SMILES string of the molecule is CC1CCCC(NC(=O)C2(C(N)=S)CCCCCC2)C1C. The molecular weight excluding hydrogens is 280 g/mol. The predicted octanol–water partition coefficient (Wildman–Crippen LogP) is 3.55. The first-order valence-corrected chi connectivity index (χ1v) is 8.99. The second-order valence-electron chi connectivity index (χ2n) is 7.21. The standard InChI is InChI=1S/C17H30N2OS/c1-12-8-7-9-14(13(12)2)19-16(20)17(15(18)21)10-5-3-4-6-11-17/h12-14H,3-11H2,1-2H3,(H2,18,21)(H,19,20). The van der Waals surface area contributed by atoms with Gasteiger partial charge in [-0.25, -0.2) is 0 Å². The maximum Gasteiger partial charge on any atom is 0.233 e. The molecule has 2 aliphatic rings. The topological polar surface area (TPSA) is 55.1 Å². The van der Waals surface area contributed by atoms with Gasteiger partial charge in [0.05, 0.1) is 10.4 Å². The van der Waals surface area contributed by atoms with Gasteiger partial charge in [0.1, 0.15) is 0 Å². The number of nitrogens with two attached hydrogens (primary N) is 1. The average Bonchev–Trinajstić information content (AvgIpc) is 2.70. The molecular formula is C17H30N2OS. The number of thiocarbonyl (C=S) groups is 1. The molecule has 0 bridgehead atoms. The monoisotopic (exact) mass is 310 g/mol. The number of hydrogen-bond acceptors (Lipinski definition) is 2. The van der Waals surface area contributed by atoms with Crippen molar-refractivity contribution in [1.82, 2.24) is 5.32 Å². The second-order valence-corrected chi connectivity index (χ2v) is 7.65. The minimum Gasteiger partial charge on any atom is -0.392 e. The number of carbonyl (C=O) groups excluding carboxylic acids is 1. The molecule has 4 heteroatoms. The lowest BCUT2D eigenvalue weighted by molar-refractivity contribution is -0.129. The Balaban J connectivity index is 2.09. The van der Waals surface area contributed by atoms with Crippen LogP contribution in [0.3, 0.4) is 0 Å². The Labute approximate surface area is 134 Å². The van der Waals surface area contributed by atoms with Crippen LogP contribution in [0.1, 0.15) is 71.6 Å². The summed E-state index contributed by atoms with van der Waals surface area (Å²) in [6, 6.07) is 0.288. The van der Waals surface area contributed by atoms with E-state index in [1.807, 2.05) is 0 Å². The lowest BCUT2D eigenvalue weighted by Crippen LogP contribution is -2.54. The van der Waals surface area contributed by atoms with Gasteiger partial charge < -0.3 is 11.1 Å². The molecule has 0 aromatic carbocycles. The van der Waals surface area contributed by atoms with E-state index in [9.17, 15) is 4.79 Å². The fraction of sp³-hybridized carbons (Fsp3) is 0.882. The number of amides is 1. The molecule has 2 aliphatic carbocycles. The van der Waals surface area contributed by atoms with Crippen LogP contribution in [-0.4, -0.2) is 16.9 Å². The molecule has 3 atom stereocenters. The molecule has 21 heavy (non-hydrogen) atoms. The van der Waals surface area contributed by atoms with Gasteiger partial charge in [-0.05, 0) is 31.1 Å². The minimum atomic E-state index is -0.591. The zero-order chi connectivity index (χ0) is 15.5. The molecule has 2 fully saturated rings. The highest BCUT2D eigenvalue weighted by atomic mass is 32.1. The molecule has 0 spiro atoms. The van der Waals surface area contributed by atoms with E-state index in [2.05, 4.69) is 19.2 Å². The van der Waals surface area contributed by atoms with Crippen molar-refractivity contribution < 1.29 is 4.79 Å². The van der Waals surface area contributed by atoms with Crippen LogP contribution < -0.4 is 11.1 Å². The average molecular weight is 311 g/mol. The summed E-state index contributed by atoms with van der Waals surface area (Å²) in [4.78, 5) is 13.4. The van der Waals surface area contributed by atoms with Crippen LogP contribution in [0.15, 0.2) is 0 Å². The number of carbonyl (C=O) groups is 1. The van der Waals surface area contributed by atoms with Crippen LogP contribution in [0.4, 0.5) is 0 Å². The molecule has 120 valence electrons. The molecule has 3 N–H and O–H groups in total. The van der Waals surface area contributed by atoms with Crippen molar-refractivity contribution in [3.05, 3.63) is 0 Å². The van der Waals surface area contributed by atoms with Crippen molar-refractivity contribution in [1.29, 1.82) is 0 Å². The van der Waals surface area contributed by atoms with Crippen LogP contribution >= 0.6 is 12.2 Å². The number of rotatable bonds is 3. The van der Waals surface area contributed by atoms with E-state index in [4.69, 9.17) is 18.0 Å². The zero-order valence-electron chi connectivity index (χ0n) is 13.5.